The first-order chi connectivity index (χ1) is 27.2. The molecule has 0 atom stereocenters. The Morgan fingerprint density at radius 3 is 1.38 bits per heavy atom. The molecular formula is C52H34N2O. The fourth-order valence-corrected chi connectivity index (χ4v) is 7.45. The number of hydrogen-bond donors (Lipinski definition) is 0. The van der Waals surface area contributed by atoms with Crippen LogP contribution in [-0.2, 0) is 0 Å². The summed E-state index contributed by atoms with van der Waals surface area (Å²) in [5.41, 5.74) is 15.7. The predicted molar refractivity (Wildman–Crippen MR) is 227 cm³/mol. The number of nitrogens with zero attached hydrogens (tertiary/aromatic N) is 2. The fraction of sp³-hybridized carbons (Fsp3) is 0. The Labute approximate surface area is 319 Å². The summed E-state index contributed by atoms with van der Waals surface area (Å²) in [6.45, 7) is 0. The lowest BCUT2D eigenvalue weighted by Gasteiger charge is -2.14. The summed E-state index contributed by atoms with van der Waals surface area (Å²) in [6.07, 6.45) is 0. The van der Waals surface area contributed by atoms with Gasteiger partial charge < -0.3 is 4.42 Å². The smallest absolute Gasteiger partial charge is 0.160 e. The molecule has 0 saturated heterocycles. The summed E-state index contributed by atoms with van der Waals surface area (Å²) < 4.78 is 6.21. The first-order valence-corrected chi connectivity index (χ1v) is 18.6. The van der Waals surface area contributed by atoms with Gasteiger partial charge in [0.2, 0.25) is 0 Å². The van der Waals surface area contributed by atoms with Crippen LogP contribution < -0.4 is 0 Å². The van der Waals surface area contributed by atoms with Crippen molar-refractivity contribution in [3.05, 3.63) is 206 Å². The molecule has 0 saturated carbocycles. The maximum atomic E-state index is 6.21. The zero-order valence-electron chi connectivity index (χ0n) is 29.9. The molecule has 0 fully saturated rings. The molecule has 10 rings (SSSR count). The minimum absolute atomic E-state index is 0.685. The van der Waals surface area contributed by atoms with Crippen molar-refractivity contribution in [3.63, 3.8) is 0 Å². The number of furan rings is 1. The van der Waals surface area contributed by atoms with E-state index in [4.69, 9.17) is 14.4 Å². The molecule has 2 aromatic heterocycles. The highest BCUT2D eigenvalue weighted by molar-refractivity contribution is 6.06. The predicted octanol–water partition coefficient (Wildman–Crippen LogP) is 14.0. The molecule has 0 bridgehead atoms. The van der Waals surface area contributed by atoms with Gasteiger partial charge in [0, 0.05) is 27.5 Å². The van der Waals surface area contributed by atoms with Crippen molar-refractivity contribution in [1.82, 2.24) is 9.97 Å². The van der Waals surface area contributed by atoms with E-state index in [-0.39, 0.29) is 0 Å². The molecular weight excluding hydrogens is 669 g/mol. The van der Waals surface area contributed by atoms with Crippen molar-refractivity contribution in [3.8, 4) is 78.4 Å². The van der Waals surface area contributed by atoms with Gasteiger partial charge in [-0.3, -0.25) is 0 Å². The maximum Gasteiger partial charge on any atom is 0.160 e. The summed E-state index contributed by atoms with van der Waals surface area (Å²) >= 11 is 0. The molecule has 8 aromatic carbocycles. The second-order valence-electron chi connectivity index (χ2n) is 13.8. The van der Waals surface area contributed by atoms with E-state index in [1.165, 1.54) is 22.3 Å². The first-order valence-electron chi connectivity index (χ1n) is 18.6. The first kappa shape index (κ1) is 32.3. The molecule has 3 heteroatoms. The molecule has 2 heterocycles. The summed E-state index contributed by atoms with van der Waals surface area (Å²) in [7, 11) is 0. The minimum atomic E-state index is 0.685. The summed E-state index contributed by atoms with van der Waals surface area (Å²) in [6, 6.07) is 72.3. The highest BCUT2D eigenvalue weighted by atomic mass is 16.3. The second-order valence-corrected chi connectivity index (χ2v) is 13.8. The lowest BCUT2D eigenvalue weighted by molar-refractivity contribution is 0.669. The molecule has 0 unspecified atom stereocenters. The average molecular weight is 703 g/mol. The second kappa shape index (κ2) is 13.9. The van der Waals surface area contributed by atoms with Gasteiger partial charge in [-0.15, -0.1) is 0 Å². The molecule has 0 N–H and O–H groups in total. The van der Waals surface area contributed by atoms with E-state index in [2.05, 4.69) is 170 Å². The molecule has 0 amide bonds. The van der Waals surface area contributed by atoms with Crippen molar-refractivity contribution < 1.29 is 4.42 Å². The largest absolute Gasteiger partial charge is 0.456 e. The zero-order chi connectivity index (χ0) is 36.6. The number of benzene rings is 8. The van der Waals surface area contributed by atoms with E-state index in [0.29, 0.717) is 5.82 Å². The van der Waals surface area contributed by atoms with Crippen LogP contribution in [0, 0.1) is 0 Å². The van der Waals surface area contributed by atoms with E-state index in [1.54, 1.807) is 0 Å². The van der Waals surface area contributed by atoms with Gasteiger partial charge in [-0.05, 0) is 93.0 Å². The summed E-state index contributed by atoms with van der Waals surface area (Å²) in [5.74, 6) is 0.685. The Morgan fingerprint density at radius 2 is 0.691 bits per heavy atom. The van der Waals surface area contributed by atoms with Gasteiger partial charge in [0.1, 0.15) is 11.2 Å². The number of rotatable bonds is 7. The van der Waals surface area contributed by atoms with Crippen LogP contribution in [-0.4, -0.2) is 9.97 Å². The molecule has 0 aliphatic rings. The lowest BCUT2D eigenvalue weighted by Crippen LogP contribution is -1.96. The van der Waals surface area contributed by atoms with Crippen LogP contribution in [0.5, 0.6) is 0 Å². The number of fused-ring (bicyclic) bond motifs is 3. The SMILES string of the molecule is c1ccc(-c2ccc(-c3cc(-c4cc(-c5cccc(-c6ccccc6)c5)cc(-c5ccc6oc7ccccc7c6c5)c4)nc(-c4ccccc4)n3)cc2)cc1. The van der Waals surface area contributed by atoms with Gasteiger partial charge in [0.25, 0.3) is 0 Å². The summed E-state index contributed by atoms with van der Waals surface area (Å²) in [4.78, 5) is 10.4. The topological polar surface area (TPSA) is 38.9 Å². The minimum Gasteiger partial charge on any atom is -0.456 e. The van der Waals surface area contributed by atoms with E-state index >= 15 is 0 Å². The Kier molecular flexibility index (Phi) is 8.16. The third kappa shape index (κ3) is 6.39. The molecule has 258 valence electrons. The van der Waals surface area contributed by atoms with Crippen molar-refractivity contribution in [2.75, 3.05) is 0 Å². The molecule has 55 heavy (non-hydrogen) atoms. The monoisotopic (exact) mass is 702 g/mol. The van der Waals surface area contributed by atoms with E-state index < -0.39 is 0 Å². The zero-order valence-corrected chi connectivity index (χ0v) is 29.9. The average Bonchev–Trinajstić information content (AvgIpc) is 3.65. The molecule has 0 aliphatic carbocycles. The normalized spacial score (nSPS) is 11.3. The quantitative estimate of drug-likeness (QED) is 0.166. The molecule has 0 aliphatic heterocycles. The van der Waals surface area contributed by atoms with Gasteiger partial charge in [-0.1, -0.05) is 158 Å². The van der Waals surface area contributed by atoms with Crippen molar-refractivity contribution in [2.24, 2.45) is 0 Å². The highest BCUT2D eigenvalue weighted by Crippen LogP contribution is 2.38. The Balaban J connectivity index is 1.16. The number of hydrogen-bond acceptors (Lipinski definition) is 3. The molecule has 0 spiro atoms. The standard InChI is InChI=1S/C52H34N2O/c1-4-13-35(14-5-1)37-23-25-38(26-24-37)48-34-49(54-52(53-48)39-17-8-3-9-18-39)45-31-43(41-20-12-19-40(29-41)36-15-6-2-7-16-36)30-44(32-45)42-27-28-51-47(33-42)46-21-10-11-22-50(46)55-51/h1-34H. The van der Waals surface area contributed by atoms with Crippen LogP contribution >= 0.6 is 0 Å². The molecule has 0 radical (unpaired) electrons. The van der Waals surface area contributed by atoms with Crippen molar-refractivity contribution in [2.45, 2.75) is 0 Å². The van der Waals surface area contributed by atoms with Crippen molar-refractivity contribution in [1.29, 1.82) is 0 Å². The van der Waals surface area contributed by atoms with Gasteiger partial charge in [0.05, 0.1) is 11.4 Å². The Bertz CT molecular complexity index is 2950. The summed E-state index contributed by atoms with van der Waals surface area (Å²) in [5, 5.41) is 2.21. The van der Waals surface area contributed by atoms with Gasteiger partial charge >= 0.3 is 0 Å². The Morgan fingerprint density at radius 1 is 0.255 bits per heavy atom. The van der Waals surface area contributed by atoms with Crippen molar-refractivity contribution >= 4 is 21.9 Å². The van der Waals surface area contributed by atoms with Crippen LogP contribution in [0.4, 0.5) is 0 Å². The van der Waals surface area contributed by atoms with Crippen LogP contribution in [0.15, 0.2) is 211 Å². The molecule has 10 aromatic rings. The van der Waals surface area contributed by atoms with E-state index in [0.717, 1.165) is 72.3 Å². The van der Waals surface area contributed by atoms with Gasteiger partial charge in [-0.25, -0.2) is 9.97 Å². The maximum absolute atomic E-state index is 6.21. The van der Waals surface area contributed by atoms with Crippen LogP contribution in [0.3, 0.4) is 0 Å². The van der Waals surface area contributed by atoms with Crippen LogP contribution in [0.25, 0.3) is 100 Å². The highest BCUT2D eigenvalue weighted by Gasteiger charge is 2.15. The third-order valence-electron chi connectivity index (χ3n) is 10.3. The van der Waals surface area contributed by atoms with Gasteiger partial charge in [-0.2, -0.15) is 0 Å². The fourth-order valence-electron chi connectivity index (χ4n) is 7.45. The Hall–Kier alpha value is -7.36. The number of aromatic nitrogens is 2. The number of para-hydroxylation sites is 1. The van der Waals surface area contributed by atoms with Crippen LogP contribution in [0.1, 0.15) is 0 Å². The van der Waals surface area contributed by atoms with Gasteiger partial charge in [0.15, 0.2) is 5.82 Å². The third-order valence-corrected chi connectivity index (χ3v) is 10.3. The lowest BCUT2D eigenvalue weighted by atomic mass is 9.92. The van der Waals surface area contributed by atoms with E-state index in [1.807, 2.05) is 36.4 Å². The molecule has 3 nitrogen and oxygen atoms in total. The van der Waals surface area contributed by atoms with Crippen LogP contribution in [0.2, 0.25) is 0 Å². The van der Waals surface area contributed by atoms with E-state index in [9.17, 15) is 0 Å².